The largest absolute Gasteiger partial charge is 0.491 e. The third-order valence-electron chi connectivity index (χ3n) is 4.34. The molecule has 0 fully saturated rings. The lowest BCUT2D eigenvalue weighted by Gasteiger charge is -2.26. The van der Waals surface area contributed by atoms with Crippen LogP contribution in [0.3, 0.4) is 0 Å². The predicted molar refractivity (Wildman–Crippen MR) is 93.4 cm³/mol. The third kappa shape index (κ3) is 4.24. The van der Waals surface area contributed by atoms with Gasteiger partial charge in [0.2, 0.25) is 5.56 Å². The van der Waals surface area contributed by atoms with E-state index >= 15 is 0 Å². The van der Waals surface area contributed by atoms with Crippen LogP contribution in [0.5, 0.6) is 5.75 Å². The van der Waals surface area contributed by atoms with Crippen LogP contribution in [0.4, 0.5) is 0 Å². The summed E-state index contributed by atoms with van der Waals surface area (Å²) in [7, 11) is 1.67. The summed E-state index contributed by atoms with van der Waals surface area (Å²) in [5.41, 5.74) is 3.45. The van der Waals surface area contributed by atoms with Crippen molar-refractivity contribution < 1.29 is 9.47 Å². The van der Waals surface area contributed by atoms with Gasteiger partial charge in [-0.05, 0) is 42.5 Å². The number of methoxy groups -OCH3 is 1. The summed E-state index contributed by atoms with van der Waals surface area (Å²) in [6.07, 6.45) is 3.13. The van der Waals surface area contributed by atoms with Gasteiger partial charge in [0.15, 0.2) is 0 Å². The fraction of sp³-hybridized carbons (Fsp3) is 0.421. The monoisotopic (exact) mass is 328 g/mol. The zero-order valence-electron chi connectivity index (χ0n) is 14.0. The highest BCUT2D eigenvalue weighted by Crippen LogP contribution is 2.28. The van der Waals surface area contributed by atoms with Gasteiger partial charge in [-0.1, -0.05) is 18.2 Å². The first-order valence-electron chi connectivity index (χ1n) is 8.42. The number of aryl methyl sites for hydroxylation is 1. The highest BCUT2D eigenvalue weighted by molar-refractivity contribution is 5.30. The Labute approximate surface area is 142 Å². The van der Waals surface area contributed by atoms with E-state index in [0.717, 1.165) is 37.3 Å². The van der Waals surface area contributed by atoms with E-state index in [1.165, 1.54) is 11.1 Å². The molecule has 5 nitrogen and oxygen atoms in total. The van der Waals surface area contributed by atoms with Gasteiger partial charge in [-0.3, -0.25) is 4.79 Å². The van der Waals surface area contributed by atoms with Crippen molar-refractivity contribution in [1.29, 1.82) is 0 Å². The van der Waals surface area contributed by atoms with Crippen molar-refractivity contribution in [1.82, 2.24) is 10.3 Å². The zero-order chi connectivity index (χ0) is 16.8. The maximum Gasteiger partial charge on any atom is 0.248 e. The second kappa shape index (κ2) is 8.13. The van der Waals surface area contributed by atoms with E-state index in [1.807, 2.05) is 18.2 Å². The minimum Gasteiger partial charge on any atom is -0.491 e. The number of aromatic amines is 1. The van der Waals surface area contributed by atoms with Crippen molar-refractivity contribution in [2.75, 3.05) is 20.3 Å². The fourth-order valence-electron chi connectivity index (χ4n) is 3.14. The Kier molecular flexibility index (Phi) is 5.67. The van der Waals surface area contributed by atoms with Gasteiger partial charge in [0.05, 0.1) is 6.61 Å². The van der Waals surface area contributed by atoms with Gasteiger partial charge in [0, 0.05) is 31.5 Å². The summed E-state index contributed by atoms with van der Waals surface area (Å²) in [6.45, 7) is 1.90. The Balaban J connectivity index is 1.62. The molecule has 1 aliphatic carbocycles. The van der Waals surface area contributed by atoms with E-state index in [0.29, 0.717) is 13.2 Å². The van der Waals surface area contributed by atoms with Crippen molar-refractivity contribution in [2.24, 2.45) is 0 Å². The van der Waals surface area contributed by atoms with Crippen LogP contribution in [0.25, 0.3) is 0 Å². The Hall–Kier alpha value is -2.11. The Bertz CT molecular complexity index is 727. The second-order valence-electron chi connectivity index (χ2n) is 6.07. The number of hydrogen-bond donors (Lipinski definition) is 2. The SMILES string of the molecule is COCCOc1cccc(CN[C@@H]2CCCc3[nH]c(=O)ccc32)c1. The topological polar surface area (TPSA) is 63.4 Å². The number of benzene rings is 1. The Morgan fingerprint density at radius 3 is 3.04 bits per heavy atom. The van der Waals surface area contributed by atoms with E-state index in [1.54, 1.807) is 13.2 Å². The van der Waals surface area contributed by atoms with Crippen molar-refractivity contribution >= 4 is 0 Å². The van der Waals surface area contributed by atoms with Gasteiger partial charge in [0.1, 0.15) is 12.4 Å². The molecule has 1 heterocycles. The molecule has 2 N–H and O–H groups in total. The van der Waals surface area contributed by atoms with Crippen LogP contribution in [-0.4, -0.2) is 25.3 Å². The highest BCUT2D eigenvalue weighted by Gasteiger charge is 2.20. The van der Waals surface area contributed by atoms with Gasteiger partial charge >= 0.3 is 0 Å². The summed E-state index contributed by atoms with van der Waals surface area (Å²) < 4.78 is 10.7. The van der Waals surface area contributed by atoms with E-state index in [-0.39, 0.29) is 11.6 Å². The molecule has 0 amide bonds. The van der Waals surface area contributed by atoms with Gasteiger partial charge in [0.25, 0.3) is 0 Å². The van der Waals surface area contributed by atoms with Crippen LogP contribution in [0.2, 0.25) is 0 Å². The molecule has 0 radical (unpaired) electrons. The molecule has 0 saturated carbocycles. The third-order valence-corrected chi connectivity index (χ3v) is 4.34. The minimum atomic E-state index is -0.0182. The van der Waals surface area contributed by atoms with Crippen LogP contribution < -0.4 is 15.6 Å². The summed E-state index contributed by atoms with van der Waals surface area (Å²) in [4.78, 5) is 14.4. The first-order valence-corrected chi connectivity index (χ1v) is 8.42. The van der Waals surface area contributed by atoms with E-state index in [4.69, 9.17) is 9.47 Å². The molecule has 1 aromatic carbocycles. The number of fused-ring (bicyclic) bond motifs is 1. The van der Waals surface area contributed by atoms with Crippen molar-refractivity contribution in [2.45, 2.75) is 31.8 Å². The standard InChI is InChI=1S/C19H24N2O3/c1-23-10-11-24-15-5-2-4-14(12-15)13-20-17-6-3-7-18-16(17)8-9-19(22)21-18/h2,4-5,8-9,12,17,20H,3,6-7,10-11,13H2,1H3,(H,21,22)/t17-/m1/s1. The maximum absolute atomic E-state index is 11.5. The quantitative estimate of drug-likeness (QED) is 0.767. The number of rotatable bonds is 7. The van der Waals surface area contributed by atoms with Crippen LogP contribution in [0.15, 0.2) is 41.2 Å². The van der Waals surface area contributed by atoms with E-state index in [9.17, 15) is 4.79 Å². The maximum atomic E-state index is 11.5. The van der Waals surface area contributed by atoms with Crippen LogP contribution in [-0.2, 0) is 17.7 Å². The Morgan fingerprint density at radius 2 is 2.17 bits per heavy atom. The van der Waals surface area contributed by atoms with Gasteiger partial charge in [-0.15, -0.1) is 0 Å². The summed E-state index contributed by atoms with van der Waals surface area (Å²) in [6, 6.07) is 12.0. The number of hydrogen-bond acceptors (Lipinski definition) is 4. The normalized spacial score (nSPS) is 16.6. The second-order valence-corrected chi connectivity index (χ2v) is 6.07. The first kappa shape index (κ1) is 16.7. The lowest BCUT2D eigenvalue weighted by molar-refractivity contribution is 0.146. The summed E-state index contributed by atoms with van der Waals surface area (Å²) in [5.74, 6) is 0.861. The first-order chi connectivity index (χ1) is 11.8. The minimum absolute atomic E-state index is 0.0182. The van der Waals surface area contributed by atoms with Crippen LogP contribution >= 0.6 is 0 Å². The molecular weight excluding hydrogens is 304 g/mol. The van der Waals surface area contributed by atoms with Crippen LogP contribution in [0, 0.1) is 0 Å². The van der Waals surface area contributed by atoms with Gasteiger partial charge in [-0.2, -0.15) is 0 Å². The van der Waals surface area contributed by atoms with Gasteiger partial charge in [-0.25, -0.2) is 0 Å². The lowest BCUT2D eigenvalue weighted by Crippen LogP contribution is -2.27. The molecule has 0 spiro atoms. The number of aromatic nitrogens is 1. The molecule has 1 aromatic heterocycles. The summed E-state index contributed by atoms with van der Waals surface area (Å²) in [5, 5.41) is 3.61. The molecular formula is C19H24N2O3. The lowest BCUT2D eigenvalue weighted by atomic mass is 9.91. The number of ether oxygens (including phenoxy) is 2. The molecule has 0 aliphatic heterocycles. The average Bonchev–Trinajstić information content (AvgIpc) is 2.60. The fourth-order valence-corrected chi connectivity index (χ4v) is 3.14. The Morgan fingerprint density at radius 1 is 1.25 bits per heavy atom. The molecule has 1 atom stereocenters. The van der Waals surface area contributed by atoms with Gasteiger partial charge < -0.3 is 19.8 Å². The molecule has 0 saturated heterocycles. The van der Waals surface area contributed by atoms with E-state index < -0.39 is 0 Å². The number of nitrogens with one attached hydrogen (secondary N) is 2. The molecule has 2 aromatic rings. The smallest absolute Gasteiger partial charge is 0.248 e. The summed E-state index contributed by atoms with van der Waals surface area (Å²) >= 11 is 0. The molecule has 5 heteroatoms. The van der Waals surface area contributed by atoms with E-state index in [2.05, 4.69) is 22.4 Å². The van der Waals surface area contributed by atoms with Crippen LogP contribution in [0.1, 0.15) is 35.7 Å². The van der Waals surface area contributed by atoms with Crippen molar-refractivity contribution in [3.8, 4) is 5.75 Å². The molecule has 128 valence electrons. The predicted octanol–water partition coefficient (Wildman–Crippen LogP) is 2.57. The number of pyridine rings is 1. The molecule has 1 aliphatic rings. The highest BCUT2D eigenvalue weighted by atomic mass is 16.5. The van der Waals surface area contributed by atoms with Crippen molar-refractivity contribution in [3.05, 3.63) is 63.6 Å². The zero-order valence-corrected chi connectivity index (χ0v) is 14.0. The number of H-pyrrole nitrogens is 1. The molecule has 3 rings (SSSR count). The average molecular weight is 328 g/mol. The molecule has 0 bridgehead atoms. The molecule has 24 heavy (non-hydrogen) atoms. The molecule has 0 unspecified atom stereocenters. The van der Waals surface area contributed by atoms with Crippen molar-refractivity contribution in [3.63, 3.8) is 0 Å².